The van der Waals surface area contributed by atoms with Crippen molar-refractivity contribution in [3.63, 3.8) is 0 Å². The highest BCUT2D eigenvalue weighted by Gasteiger charge is 2.41. The molecule has 2 saturated carbocycles. The summed E-state index contributed by atoms with van der Waals surface area (Å²) in [5.41, 5.74) is 1.18. The molecule has 1 aromatic heterocycles. The first-order valence-electron chi connectivity index (χ1n) is 6.64. The van der Waals surface area contributed by atoms with Crippen LogP contribution in [0.2, 0.25) is 0 Å². The summed E-state index contributed by atoms with van der Waals surface area (Å²) < 4.78 is 0. The van der Waals surface area contributed by atoms with Gasteiger partial charge in [0.2, 0.25) is 0 Å². The number of nitrogens with zero attached hydrogens (tertiary/aromatic N) is 2. The second-order valence-corrected chi connectivity index (χ2v) is 5.64. The van der Waals surface area contributed by atoms with E-state index in [1.54, 1.807) is 0 Å². The maximum absolute atomic E-state index is 4.45. The minimum atomic E-state index is 0.710. The Morgan fingerprint density at radius 3 is 2.24 bits per heavy atom. The molecule has 17 heavy (non-hydrogen) atoms. The van der Waals surface area contributed by atoms with Crippen LogP contribution in [0.25, 0.3) is 0 Å². The van der Waals surface area contributed by atoms with E-state index in [9.17, 15) is 0 Å². The molecule has 0 amide bonds. The summed E-state index contributed by atoms with van der Waals surface area (Å²) in [5.74, 6) is 2.87. The van der Waals surface area contributed by atoms with E-state index < -0.39 is 0 Å². The largest absolute Gasteiger partial charge is 0.381 e. The molecule has 0 unspecified atom stereocenters. The molecule has 0 aromatic carbocycles. The van der Waals surface area contributed by atoms with Gasteiger partial charge in [-0.05, 0) is 49.7 Å². The third-order valence-electron chi connectivity index (χ3n) is 3.80. The highest BCUT2D eigenvalue weighted by molar-refractivity contribution is 5.49. The normalized spacial score (nSPS) is 19.5. The highest BCUT2D eigenvalue weighted by atomic mass is 15.1. The Kier molecular flexibility index (Phi) is 2.69. The van der Waals surface area contributed by atoms with Crippen LogP contribution in [0.5, 0.6) is 0 Å². The van der Waals surface area contributed by atoms with Crippen molar-refractivity contribution < 1.29 is 0 Å². The average molecular weight is 231 g/mol. The van der Waals surface area contributed by atoms with Gasteiger partial charge in [0, 0.05) is 20.1 Å². The zero-order valence-electron chi connectivity index (χ0n) is 10.7. The number of nitrogens with one attached hydrogen (secondary N) is 1. The number of rotatable bonds is 5. The maximum Gasteiger partial charge on any atom is 0.128 e. The molecule has 0 radical (unpaired) electrons. The summed E-state index contributed by atoms with van der Waals surface area (Å²) in [4.78, 5) is 6.48. The summed E-state index contributed by atoms with van der Waals surface area (Å²) in [6.07, 6.45) is 7.62. The monoisotopic (exact) mass is 231 g/mol. The first kappa shape index (κ1) is 10.9. The van der Waals surface area contributed by atoms with Crippen molar-refractivity contribution in [3.8, 4) is 0 Å². The van der Waals surface area contributed by atoms with Crippen molar-refractivity contribution in [2.75, 3.05) is 24.3 Å². The first-order chi connectivity index (χ1) is 8.24. The average Bonchev–Trinajstić information content (AvgIpc) is 3.17. The fourth-order valence-corrected chi connectivity index (χ4v) is 2.46. The quantitative estimate of drug-likeness (QED) is 0.844. The van der Waals surface area contributed by atoms with Crippen molar-refractivity contribution in [2.45, 2.75) is 31.7 Å². The van der Waals surface area contributed by atoms with Gasteiger partial charge in [0.1, 0.15) is 5.82 Å². The molecule has 0 bridgehead atoms. The zero-order valence-corrected chi connectivity index (χ0v) is 10.7. The molecule has 3 rings (SSSR count). The van der Waals surface area contributed by atoms with Crippen LogP contribution in [0.3, 0.4) is 0 Å². The number of anilines is 2. The van der Waals surface area contributed by atoms with Gasteiger partial charge in [-0.2, -0.15) is 0 Å². The van der Waals surface area contributed by atoms with Gasteiger partial charge in [-0.1, -0.05) is 0 Å². The van der Waals surface area contributed by atoms with E-state index in [0.717, 1.165) is 17.7 Å². The molecule has 3 heteroatoms. The van der Waals surface area contributed by atoms with E-state index in [4.69, 9.17) is 0 Å². The molecule has 2 aliphatic carbocycles. The van der Waals surface area contributed by atoms with Crippen molar-refractivity contribution in [1.29, 1.82) is 0 Å². The summed E-state index contributed by atoms with van der Waals surface area (Å²) >= 11 is 0. The van der Waals surface area contributed by atoms with E-state index >= 15 is 0 Å². The third-order valence-corrected chi connectivity index (χ3v) is 3.80. The van der Waals surface area contributed by atoms with Gasteiger partial charge >= 0.3 is 0 Å². The minimum absolute atomic E-state index is 0.710. The Bertz CT molecular complexity index is 365. The molecule has 0 aliphatic heterocycles. The van der Waals surface area contributed by atoms with Gasteiger partial charge in [0.25, 0.3) is 0 Å². The van der Waals surface area contributed by atoms with Crippen LogP contribution in [0.4, 0.5) is 11.5 Å². The van der Waals surface area contributed by atoms with Crippen LogP contribution in [0.1, 0.15) is 25.7 Å². The zero-order chi connectivity index (χ0) is 11.8. The van der Waals surface area contributed by atoms with E-state index in [-0.39, 0.29) is 0 Å². The van der Waals surface area contributed by atoms with Crippen LogP contribution in [0, 0.1) is 11.8 Å². The van der Waals surface area contributed by atoms with Crippen LogP contribution >= 0.6 is 0 Å². The van der Waals surface area contributed by atoms with Gasteiger partial charge in [-0.3, -0.25) is 0 Å². The van der Waals surface area contributed by atoms with E-state index in [1.165, 1.54) is 31.4 Å². The molecule has 0 spiro atoms. The Morgan fingerprint density at radius 2 is 1.82 bits per heavy atom. The predicted molar refractivity (Wildman–Crippen MR) is 71.4 cm³/mol. The van der Waals surface area contributed by atoms with Gasteiger partial charge in [-0.25, -0.2) is 4.98 Å². The second-order valence-electron chi connectivity index (χ2n) is 5.64. The fourth-order valence-electron chi connectivity index (χ4n) is 2.46. The predicted octanol–water partition coefficient (Wildman–Crippen LogP) is 2.75. The smallest absolute Gasteiger partial charge is 0.128 e. The molecule has 1 heterocycles. The van der Waals surface area contributed by atoms with Crippen LogP contribution in [-0.4, -0.2) is 25.1 Å². The maximum atomic E-state index is 4.45. The standard InChI is InChI=1S/C14H21N3/c1-17(2)13-8-7-12(9-15-13)16-14(10-3-4-10)11-5-6-11/h7-11,14,16H,3-6H2,1-2H3. The Hall–Kier alpha value is -1.25. The summed E-state index contributed by atoms with van der Waals surface area (Å²) in [5, 5.41) is 3.69. The molecule has 2 aliphatic rings. The van der Waals surface area contributed by atoms with Crippen LogP contribution in [-0.2, 0) is 0 Å². The van der Waals surface area contributed by atoms with E-state index in [0.29, 0.717) is 6.04 Å². The van der Waals surface area contributed by atoms with Crippen LogP contribution in [0.15, 0.2) is 18.3 Å². The lowest BCUT2D eigenvalue weighted by atomic mass is 10.1. The highest BCUT2D eigenvalue weighted by Crippen LogP contribution is 2.45. The molecule has 0 saturated heterocycles. The molecule has 0 atom stereocenters. The summed E-state index contributed by atoms with van der Waals surface area (Å²) in [6.45, 7) is 0. The SMILES string of the molecule is CN(C)c1ccc(NC(C2CC2)C2CC2)cn1. The number of aromatic nitrogens is 1. The Labute approximate surface area is 103 Å². The lowest BCUT2D eigenvalue weighted by Gasteiger charge is -2.19. The lowest BCUT2D eigenvalue weighted by Crippen LogP contribution is -2.24. The van der Waals surface area contributed by atoms with Gasteiger partial charge in [-0.15, -0.1) is 0 Å². The van der Waals surface area contributed by atoms with Crippen LogP contribution < -0.4 is 10.2 Å². The molecule has 2 fully saturated rings. The summed E-state index contributed by atoms with van der Waals surface area (Å²) in [7, 11) is 4.04. The molecule has 92 valence electrons. The summed E-state index contributed by atoms with van der Waals surface area (Å²) in [6, 6.07) is 4.95. The van der Waals surface area contributed by atoms with Crippen molar-refractivity contribution in [2.24, 2.45) is 11.8 Å². The molecular formula is C14H21N3. The molecular weight excluding hydrogens is 210 g/mol. The number of hydrogen-bond donors (Lipinski definition) is 1. The molecule has 1 aromatic rings. The Balaban J connectivity index is 1.66. The van der Waals surface area contributed by atoms with Crippen molar-refractivity contribution >= 4 is 11.5 Å². The van der Waals surface area contributed by atoms with E-state index in [2.05, 4.69) is 22.4 Å². The molecule has 1 N–H and O–H groups in total. The van der Waals surface area contributed by atoms with Gasteiger partial charge < -0.3 is 10.2 Å². The third kappa shape index (κ3) is 2.54. The van der Waals surface area contributed by atoms with Crippen molar-refractivity contribution in [3.05, 3.63) is 18.3 Å². The second kappa shape index (κ2) is 4.21. The topological polar surface area (TPSA) is 28.2 Å². The number of pyridine rings is 1. The van der Waals surface area contributed by atoms with Gasteiger partial charge in [0.15, 0.2) is 0 Å². The first-order valence-corrected chi connectivity index (χ1v) is 6.64. The van der Waals surface area contributed by atoms with Crippen molar-refractivity contribution in [1.82, 2.24) is 4.98 Å². The Morgan fingerprint density at radius 1 is 1.18 bits per heavy atom. The number of hydrogen-bond acceptors (Lipinski definition) is 3. The lowest BCUT2D eigenvalue weighted by molar-refractivity contribution is 0.567. The minimum Gasteiger partial charge on any atom is -0.381 e. The van der Waals surface area contributed by atoms with Gasteiger partial charge in [0.05, 0.1) is 11.9 Å². The fraction of sp³-hybridized carbons (Fsp3) is 0.643. The molecule has 3 nitrogen and oxygen atoms in total. The van der Waals surface area contributed by atoms with E-state index in [1.807, 2.05) is 25.2 Å².